The van der Waals surface area contributed by atoms with Gasteiger partial charge in [0, 0.05) is 38.0 Å². The van der Waals surface area contributed by atoms with Crippen molar-refractivity contribution in [2.24, 2.45) is 0 Å². The monoisotopic (exact) mass is 546 g/mol. The standard InChI is InChI=1S/C29H34N6O5/c1-19-5-7-24-26(15-19)39-13-4-12-35-18-23(32-33-35)17-34(11-3-10-30-27(36)20(2)31-28(24)37)29(38)22-6-8-25-21(16-22)9-14-40-25/h5-8,15-16,18,20H,3-4,9-14,17H2,1-2H3,(H,30,36)(H,31,37)/t20-/m1/s1. The summed E-state index contributed by atoms with van der Waals surface area (Å²) in [5, 5.41) is 14.1. The van der Waals surface area contributed by atoms with E-state index in [1.807, 2.05) is 37.4 Å². The smallest absolute Gasteiger partial charge is 0.255 e. The maximum absolute atomic E-state index is 13.5. The summed E-state index contributed by atoms with van der Waals surface area (Å²) in [6.45, 7) is 6.14. The zero-order chi connectivity index (χ0) is 28.1. The Bertz CT molecular complexity index is 1400. The molecule has 2 aliphatic rings. The molecule has 2 bridgehead atoms. The van der Waals surface area contributed by atoms with Gasteiger partial charge in [-0.05, 0) is 61.7 Å². The molecule has 40 heavy (non-hydrogen) atoms. The van der Waals surface area contributed by atoms with E-state index in [2.05, 4.69) is 20.9 Å². The minimum absolute atomic E-state index is 0.122. The molecule has 5 rings (SSSR count). The van der Waals surface area contributed by atoms with Crippen molar-refractivity contribution in [3.05, 3.63) is 70.5 Å². The Kier molecular flexibility index (Phi) is 8.28. The molecule has 11 nitrogen and oxygen atoms in total. The van der Waals surface area contributed by atoms with E-state index in [-0.39, 0.29) is 24.3 Å². The summed E-state index contributed by atoms with van der Waals surface area (Å²) >= 11 is 0. The number of hydrogen-bond donors (Lipinski definition) is 2. The van der Waals surface area contributed by atoms with E-state index in [9.17, 15) is 14.4 Å². The first-order chi connectivity index (χ1) is 19.4. The van der Waals surface area contributed by atoms with Crippen molar-refractivity contribution in [2.45, 2.75) is 52.2 Å². The third-order valence-corrected chi connectivity index (χ3v) is 6.98. The number of carbonyl (C=O) groups excluding carboxylic acids is 3. The van der Waals surface area contributed by atoms with Gasteiger partial charge in [0.25, 0.3) is 11.8 Å². The van der Waals surface area contributed by atoms with Crippen LogP contribution >= 0.6 is 0 Å². The number of nitrogens with one attached hydrogen (secondary N) is 2. The van der Waals surface area contributed by atoms with Crippen molar-refractivity contribution in [3.8, 4) is 11.5 Å². The minimum Gasteiger partial charge on any atom is -0.493 e. The van der Waals surface area contributed by atoms with Crippen molar-refractivity contribution < 1.29 is 23.9 Å². The number of aromatic nitrogens is 3. The maximum atomic E-state index is 13.5. The molecular formula is C29H34N6O5. The second kappa shape index (κ2) is 12.2. The molecule has 0 saturated carbocycles. The molecule has 0 unspecified atom stereocenters. The summed E-state index contributed by atoms with van der Waals surface area (Å²) < 4.78 is 13.3. The zero-order valence-corrected chi connectivity index (χ0v) is 22.8. The van der Waals surface area contributed by atoms with Gasteiger partial charge in [-0.1, -0.05) is 11.3 Å². The molecule has 0 saturated heterocycles. The molecule has 0 fully saturated rings. The van der Waals surface area contributed by atoms with Crippen molar-refractivity contribution in [3.63, 3.8) is 0 Å². The second-order valence-corrected chi connectivity index (χ2v) is 10.2. The van der Waals surface area contributed by atoms with Gasteiger partial charge in [-0.2, -0.15) is 0 Å². The predicted octanol–water partition coefficient (Wildman–Crippen LogP) is 2.27. The van der Waals surface area contributed by atoms with Crippen LogP contribution in [0.15, 0.2) is 42.6 Å². The number of aryl methyl sites for hydroxylation is 2. The number of benzene rings is 2. The predicted molar refractivity (Wildman–Crippen MR) is 146 cm³/mol. The number of rotatable bonds is 1. The summed E-state index contributed by atoms with van der Waals surface area (Å²) in [5.74, 6) is 0.479. The highest BCUT2D eigenvalue weighted by molar-refractivity contribution is 5.99. The first kappa shape index (κ1) is 27.2. The number of hydrogen-bond acceptors (Lipinski definition) is 7. The Morgan fingerprint density at radius 1 is 1.02 bits per heavy atom. The second-order valence-electron chi connectivity index (χ2n) is 10.2. The Morgan fingerprint density at radius 2 is 1.88 bits per heavy atom. The van der Waals surface area contributed by atoms with Gasteiger partial charge in [0.2, 0.25) is 5.91 Å². The van der Waals surface area contributed by atoms with Gasteiger partial charge in [0.15, 0.2) is 0 Å². The Hall–Kier alpha value is -4.41. The molecule has 0 radical (unpaired) electrons. The fourth-order valence-corrected chi connectivity index (χ4v) is 4.79. The minimum atomic E-state index is -0.746. The molecule has 3 amide bonds. The Balaban J connectivity index is 1.33. The van der Waals surface area contributed by atoms with Crippen molar-refractivity contribution in [2.75, 3.05) is 26.3 Å². The summed E-state index contributed by atoms with van der Waals surface area (Å²) in [6, 6.07) is 10.1. The van der Waals surface area contributed by atoms with Crippen LogP contribution in [0.25, 0.3) is 0 Å². The van der Waals surface area contributed by atoms with Crippen LogP contribution in [0.5, 0.6) is 11.5 Å². The number of carbonyl (C=O) groups is 3. The van der Waals surface area contributed by atoms with Crippen molar-refractivity contribution >= 4 is 17.7 Å². The average molecular weight is 547 g/mol. The normalized spacial score (nSPS) is 18.6. The number of fused-ring (bicyclic) bond motifs is 4. The highest BCUT2D eigenvalue weighted by Gasteiger charge is 2.22. The molecule has 1 aromatic heterocycles. The molecule has 210 valence electrons. The first-order valence-corrected chi connectivity index (χ1v) is 13.6. The molecule has 2 aromatic carbocycles. The third kappa shape index (κ3) is 6.41. The summed E-state index contributed by atoms with van der Waals surface area (Å²) in [4.78, 5) is 41.0. The molecule has 3 aromatic rings. The van der Waals surface area contributed by atoms with E-state index < -0.39 is 6.04 Å². The fraction of sp³-hybridized carbons (Fsp3) is 0.414. The number of amides is 3. The van der Waals surface area contributed by atoms with Crippen molar-refractivity contribution in [1.29, 1.82) is 0 Å². The fourth-order valence-electron chi connectivity index (χ4n) is 4.79. The lowest BCUT2D eigenvalue weighted by atomic mass is 10.1. The highest BCUT2D eigenvalue weighted by Crippen LogP contribution is 2.26. The lowest BCUT2D eigenvalue weighted by Gasteiger charge is -2.22. The summed E-state index contributed by atoms with van der Waals surface area (Å²) in [7, 11) is 0. The van der Waals surface area contributed by atoms with Crippen LogP contribution < -0.4 is 20.1 Å². The largest absolute Gasteiger partial charge is 0.493 e. The van der Waals surface area contributed by atoms with Gasteiger partial charge in [-0.15, -0.1) is 5.10 Å². The summed E-state index contributed by atoms with van der Waals surface area (Å²) in [6.07, 6.45) is 3.77. The Labute approximate surface area is 232 Å². The van der Waals surface area contributed by atoms with E-state index in [1.165, 1.54) is 0 Å². The average Bonchev–Trinajstić information content (AvgIpc) is 3.60. The maximum Gasteiger partial charge on any atom is 0.255 e. The van der Waals surface area contributed by atoms with Crippen LogP contribution in [-0.2, 0) is 24.3 Å². The van der Waals surface area contributed by atoms with E-state index in [4.69, 9.17) is 9.47 Å². The zero-order valence-electron chi connectivity index (χ0n) is 22.8. The summed E-state index contributed by atoms with van der Waals surface area (Å²) in [5.41, 5.74) is 3.62. The molecular weight excluding hydrogens is 512 g/mol. The van der Waals surface area contributed by atoms with E-state index >= 15 is 0 Å². The van der Waals surface area contributed by atoms with Crippen molar-refractivity contribution in [1.82, 2.24) is 30.5 Å². The van der Waals surface area contributed by atoms with Crippen LogP contribution in [0.4, 0.5) is 0 Å². The van der Waals surface area contributed by atoms with Gasteiger partial charge < -0.3 is 25.0 Å². The van der Waals surface area contributed by atoms with Gasteiger partial charge >= 0.3 is 0 Å². The lowest BCUT2D eigenvalue weighted by Crippen LogP contribution is -2.45. The van der Waals surface area contributed by atoms with E-state index in [0.29, 0.717) is 68.3 Å². The molecule has 2 aliphatic heterocycles. The quantitative estimate of drug-likeness (QED) is 0.479. The van der Waals surface area contributed by atoms with Gasteiger partial charge in [0.1, 0.15) is 23.2 Å². The van der Waals surface area contributed by atoms with Gasteiger partial charge in [0.05, 0.1) is 31.5 Å². The van der Waals surface area contributed by atoms with Crippen LogP contribution in [0.2, 0.25) is 0 Å². The molecule has 3 heterocycles. The number of nitrogens with zero attached hydrogens (tertiary/aromatic N) is 4. The number of ether oxygens (including phenoxy) is 2. The molecule has 2 N–H and O–H groups in total. The molecule has 0 aliphatic carbocycles. The highest BCUT2D eigenvalue weighted by atomic mass is 16.5. The topological polar surface area (TPSA) is 128 Å². The van der Waals surface area contributed by atoms with Gasteiger partial charge in [-0.25, -0.2) is 0 Å². The molecule has 1 atom stereocenters. The van der Waals surface area contributed by atoms with Crippen LogP contribution in [-0.4, -0.2) is 70.0 Å². The first-order valence-electron chi connectivity index (χ1n) is 13.6. The Morgan fingerprint density at radius 3 is 2.75 bits per heavy atom. The molecule has 0 spiro atoms. The lowest BCUT2D eigenvalue weighted by molar-refractivity contribution is -0.122. The third-order valence-electron chi connectivity index (χ3n) is 6.98. The molecule has 11 heteroatoms. The van der Waals surface area contributed by atoms with Gasteiger partial charge in [-0.3, -0.25) is 19.1 Å². The van der Waals surface area contributed by atoms with E-state index in [1.54, 1.807) is 28.6 Å². The van der Waals surface area contributed by atoms with Crippen LogP contribution in [0, 0.1) is 6.92 Å². The van der Waals surface area contributed by atoms with Crippen LogP contribution in [0.1, 0.15) is 57.3 Å². The SMILES string of the molecule is Cc1ccc2c(c1)OCCCn1cc(nn1)CN(C(=O)c1ccc3c(c1)CCO3)CCCNC(=O)[C@@H](C)NC2=O. The van der Waals surface area contributed by atoms with E-state index in [0.717, 1.165) is 23.3 Å². The van der Waals surface area contributed by atoms with Crippen LogP contribution in [0.3, 0.4) is 0 Å².